The monoisotopic (exact) mass is 287 g/mol. The maximum absolute atomic E-state index is 5.87. The summed E-state index contributed by atoms with van der Waals surface area (Å²) in [5, 5.41) is 8.04. The van der Waals surface area contributed by atoms with E-state index in [2.05, 4.69) is 15.2 Å². The molecule has 7 heteroatoms. The Bertz CT molecular complexity index is 539. The molecule has 2 aromatic rings. The quantitative estimate of drug-likeness (QED) is 0.867. The van der Waals surface area contributed by atoms with Gasteiger partial charge in [0.2, 0.25) is 5.28 Å². The van der Waals surface area contributed by atoms with Crippen LogP contribution in [0.15, 0.2) is 34.2 Å². The maximum Gasteiger partial charge on any atom is 0.244 e. The molecule has 0 bridgehead atoms. The maximum atomic E-state index is 5.87. The first-order valence-electron chi connectivity index (χ1n) is 4.56. The minimum Gasteiger partial charge on any atom is -0.497 e. The Hall–Kier alpha value is -1.04. The van der Waals surface area contributed by atoms with Crippen LogP contribution in [0.3, 0.4) is 0 Å². The third-order valence-corrected chi connectivity index (χ3v) is 3.34. The van der Waals surface area contributed by atoms with E-state index >= 15 is 0 Å². The van der Waals surface area contributed by atoms with Gasteiger partial charge in [-0.15, -0.1) is 10.2 Å². The van der Waals surface area contributed by atoms with Crippen molar-refractivity contribution < 1.29 is 4.74 Å². The van der Waals surface area contributed by atoms with Crippen molar-refractivity contribution in [1.29, 1.82) is 0 Å². The Morgan fingerprint density at radius 1 is 1.24 bits per heavy atom. The van der Waals surface area contributed by atoms with Crippen molar-refractivity contribution in [3.05, 3.63) is 34.7 Å². The van der Waals surface area contributed by atoms with Crippen LogP contribution in [0, 0.1) is 0 Å². The highest BCUT2D eigenvalue weighted by Crippen LogP contribution is 2.32. The Kier molecular flexibility index (Phi) is 4.04. The highest BCUT2D eigenvalue weighted by Gasteiger charge is 2.08. The second-order valence-electron chi connectivity index (χ2n) is 2.96. The second kappa shape index (κ2) is 5.53. The fourth-order valence-corrected chi connectivity index (χ4v) is 2.29. The molecule has 17 heavy (non-hydrogen) atoms. The first-order valence-corrected chi connectivity index (χ1v) is 6.14. The van der Waals surface area contributed by atoms with Crippen LogP contribution in [-0.4, -0.2) is 22.3 Å². The normalized spacial score (nSPS) is 10.3. The largest absolute Gasteiger partial charge is 0.497 e. The standard InChI is InChI=1S/C10H7Cl2N3OS/c1-16-6-3-2-4-7(5-6)17-9-8(11)14-15-10(12)13-9/h2-5H,1H3. The van der Waals surface area contributed by atoms with Crippen LogP contribution in [0.2, 0.25) is 10.4 Å². The number of hydrogen-bond donors (Lipinski definition) is 0. The van der Waals surface area contributed by atoms with Gasteiger partial charge in [0, 0.05) is 4.90 Å². The lowest BCUT2D eigenvalue weighted by Gasteiger charge is -2.04. The molecule has 0 saturated heterocycles. The lowest BCUT2D eigenvalue weighted by atomic mass is 10.3. The molecule has 0 radical (unpaired) electrons. The summed E-state index contributed by atoms with van der Waals surface area (Å²) < 4.78 is 5.13. The van der Waals surface area contributed by atoms with E-state index in [1.807, 2.05) is 24.3 Å². The molecule has 4 nitrogen and oxygen atoms in total. The van der Waals surface area contributed by atoms with Crippen molar-refractivity contribution >= 4 is 35.0 Å². The van der Waals surface area contributed by atoms with Crippen LogP contribution in [0.5, 0.6) is 5.75 Å². The van der Waals surface area contributed by atoms with Crippen LogP contribution in [0.4, 0.5) is 0 Å². The van der Waals surface area contributed by atoms with Crippen molar-refractivity contribution in [1.82, 2.24) is 15.2 Å². The lowest BCUT2D eigenvalue weighted by Crippen LogP contribution is -1.91. The molecule has 0 amide bonds. The van der Waals surface area contributed by atoms with E-state index < -0.39 is 0 Å². The molecule has 1 aromatic heterocycles. The van der Waals surface area contributed by atoms with E-state index in [4.69, 9.17) is 27.9 Å². The van der Waals surface area contributed by atoms with E-state index in [1.165, 1.54) is 11.8 Å². The molecule has 0 fully saturated rings. The molecule has 0 aliphatic carbocycles. The van der Waals surface area contributed by atoms with Gasteiger partial charge in [-0.05, 0) is 29.8 Å². The van der Waals surface area contributed by atoms with Crippen LogP contribution < -0.4 is 4.74 Å². The molecule has 2 rings (SSSR count). The number of methoxy groups -OCH3 is 1. The summed E-state index contributed by atoms with van der Waals surface area (Å²) in [7, 11) is 1.61. The third-order valence-electron chi connectivity index (χ3n) is 1.85. The minimum atomic E-state index is 0.0693. The topological polar surface area (TPSA) is 47.9 Å². The lowest BCUT2D eigenvalue weighted by molar-refractivity contribution is 0.413. The van der Waals surface area contributed by atoms with Crippen molar-refractivity contribution in [2.45, 2.75) is 9.92 Å². The Morgan fingerprint density at radius 2 is 2.06 bits per heavy atom. The van der Waals surface area contributed by atoms with Gasteiger partial charge in [0.15, 0.2) is 5.15 Å². The molecular weight excluding hydrogens is 281 g/mol. The summed E-state index contributed by atoms with van der Waals surface area (Å²) in [5.74, 6) is 0.763. The van der Waals surface area contributed by atoms with E-state index in [1.54, 1.807) is 7.11 Å². The SMILES string of the molecule is COc1cccc(Sc2nc(Cl)nnc2Cl)c1. The van der Waals surface area contributed by atoms with Gasteiger partial charge >= 0.3 is 0 Å². The molecule has 0 unspecified atom stereocenters. The zero-order valence-electron chi connectivity index (χ0n) is 8.72. The summed E-state index contributed by atoms with van der Waals surface area (Å²) >= 11 is 12.9. The average Bonchev–Trinajstić information content (AvgIpc) is 2.34. The third kappa shape index (κ3) is 3.21. The number of rotatable bonds is 3. The van der Waals surface area contributed by atoms with Gasteiger partial charge in [-0.25, -0.2) is 4.98 Å². The average molecular weight is 288 g/mol. The zero-order valence-corrected chi connectivity index (χ0v) is 11.1. The second-order valence-corrected chi connectivity index (χ2v) is 4.72. The summed E-state index contributed by atoms with van der Waals surface area (Å²) in [4.78, 5) is 4.94. The fourth-order valence-electron chi connectivity index (χ4n) is 1.12. The van der Waals surface area contributed by atoms with Gasteiger partial charge in [0.05, 0.1) is 7.11 Å². The van der Waals surface area contributed by atoms with Gasteiger partial charge in [-0.1, -0.05) is 29.4 Å². The number of hydrogen-bond acceptors (Lipinski definition) is 5. The summed E-state index contributed by atoms with van der Waals surface area (Å²) in [5.41, 5.74) is 0. The Balaban J connectivity index is 2.27. The molecular formula is C10H7Cl2N3OS. The van der Waals surface area contributed by atoms with E-state index in [0.29, 0.717) is 5.03 Å². The molecule has 0 atom stereocenters. The number of aromatic nitrogens is 3. The van der Waals surface area contributed by atoms with Gasteiger partial charge < -0.3 is 4.74 Å². The van der Waals surface area contributed by atoms with Crippen molar-refractivity contribution in [2.24, 2.45) is 0 Å². The number of halogens is 2. The van der Waals surface area contributed by atoms with Gasteiger partial charge in [0.1, 0.15) is 10.8 Å². The number of ether oxygens (including phenoxy) is 1. The van der Waals surface area contributed by atoms with Crippen LogP contribution >= 0.6 is 35.0 Å². The zero-order chi connectivity index (χ0) is 12.3. The van der Waals surface area contributed by atoms with Gasteiger partial charge in [-0.2, -0.15) is 0 Å². The summed E-state index contributed by atoms with van der Waals surface area (Å²) in [6.45, 7) is 0. The van der Waals surface area contributed by atoms with Crippen molar-refractivity contribution in [2.75, 3.05) is 7.11 Å². The number of nitrogens with zero attached hydrogens (tertiary/aromatic N) is 3. The molecule has 0 spiro atoms. The molecule has 0 saturated carbocycles. The summed E-state index contributed by atoms with van der Waals surface area (Å²) in [6, 6.07) is 7.53. The molecule has 1 aromatic carbocycles. The molecule has 1 heterocycles. The molecule has 0 aliphatic heterocycles. The minimum absolute atomic E-state index is 0.0693. The fraction of sp³-hybridized carbons (Fsp3) is 0.100. The van der Waals surface area contributed by atoms with Gasteiger partial charge in [0.25, 0.3) is 0 Å². The predicted molar refractivity (Wildman–Crippen MR) is 67.0 cm³/mol. The Morgan fingerprint density at radius 3 is 2.82 bits per heavy atom. The predicted octanol–water partition coefficient (Wildman–Crippen LogP) is 3.34. The smallest absolute Gasteiger partial charge is 0.244 e. The molecule has 88 valence electrons. The van der Waals surface area contributed by atoms with Gasteiger partial charge in [-0.3, -0.25) is 0 Å². The molecule has 0 N–H and O–H groups in total. The van der Waals surface area contributed by atoms with Crippen LogP contribution in [0.1, 0.15) is 0 Å². The van der Waals surface area contributed by atoms with Crippen LogP contribution in [0.25, 0.3) is 0 Å². The van der Waals surface area contributed by atoms with E-state index in [9.17, 15) is 0 Å². The highest BCUT2D eigenvalue weighted by atomic mass is 35.5. The molecule has 0 aliphatic rings. The van der Waals surface area contributed by atoms with E-state index in [-0.39, 0.29) is 10.4 Å². The van der Waals surface area contributed by atoms with Crippen molar-refractivity contribution in [3.8, 4) is 5.75 Å². The number of benzene rings is 1. The first-order chi connectivity index (χ1) is 8.19. The Labute approximate surface area is 112 Å². The first kappa shape index (κ1) is 12.4. The van der Waals surface area contributed by atoms with Crippen LogP contribution in [-0.2, 0) is 0 Å². The highest BCUT2D eigenvalue weighted by molar-refractivity contribution is 7.99. The summed E-state index contributed by atoms with van der Waals surface area (Å²) in [6.07, 6.45) is 0. The van der Waals surface area contributed by atoms with E-state index in [0.717, 1.165) is 10.6 Å². The van der Waals surface area contributed by atoms with Crippen molar-refractivity contribution in [3.63, 3.8) is 0 Å².